The van der Waals surface area contributed by atoms with Crippen molar-refractivity contribution in [1.29, 1.82) is 0 Å². The third-order valence-electron chi connectivity index (χ3n) is 6.51. The summed E-state index contributed by atoms with van der Waals surface area (Å²) >= 11 is 0. The summed E-state index contributed by atoms with van der Waals surface area (Å²) < 4.78 is 0. The van der Waals surface area contributed by atoms with E-state index in [9.17, 15) is 4.79 Å². The van der Waals surface area contributed by atoms with Crippen LogP contribution in [0, 0.1) is 35.5 Å². The molecule has 0 saturated carbocycles. The highest BCUT2D eigenvalue weighted by atomic mass is 16.1. The number of ketones is 1. The second-order valence-corrected chi connectivity index (χ2v) is 10.7. The standard InChI is InChI=1S/C28H54O/c1-9-11-13-23(4)18-24(5)14-16-28(29)17-15-25(6)20-27(8)21-26(7)19-22(3)12-10-2/h15,17,22-27H,9-14,16,18-21H2,1-8H3/b17-15+/t22-,23-,24+,25-,26+,27+/m0/s1. The van der Waals surface area contributed by atoms with Crippen molar-refractivity contribution in [3.63, 3.8) is 0 Å². The zero-order valence-electron chi connectivity index (χ0n) is 21.3. The molecule has 6 atom stereocenters. The fourth-order valence-corrected chi connectivity index (χ4v) is 5.11. The van der Waals surface area contributed by atoms with Gasteiger partial charge in [-0.05, 0) is 73.7 Å². The maximum atomic E-state index is 12.3. The molecule has 1 heteroatoms. The maximum Gasteiger partial charge on any atom is 0.155 e. The third kappa shape index (κ3) is 16.8. The van der Waals surface area contributed by atoms with E-state index in [2.05, 4.69) is 61.5 Å². The Morgan fingerprint density at radius 2 is 1.17 bits per heavy atom. The van der Waals surface area contributed by atoms with Gasteiger partial charge in [0.25, 0.3) is 0 Å². The lowest BCUT2D eigenvalue weighted by atomic mass is 9.84. The summed E-state index contributed by atoms with van der Waals surface area (Å²) in [5.41, 5.74) is 0. The molecule has 0 rings (SSSR count). The SMILES string of the molecule is CCCC[C@H](C)C[C@H](C)CCC(=O)/C=C/[C@H](C)C[C@@H](C)C[C@H](C)C[C@@H](C)CCC. The Balaban J connectivity index is 4.09. The first kappa shape index (κ1) is 28.4. The van der Waals surface area contributed by atoms with Gasteiger partial charge in [-0.25, -0.2) is 0 Å². The minimum atomic E-state index is 0.319. The average Bonchev–Trinajstić information content (AvgIpc) is 2.62. The van der Waals surface area contributed by atoms with Crippen LogP contribution in [0.5, 0.6) is 0 Å². The van der Waals surface area contributed by atoms with Crippen LogP contribution in [0.2, 0.25) is 0 Å². The molecule has 0 N–H and O–H groups in total. The van der Waals surface area contributed by atoms with Crippen LogP contribution in [0.25, 0.3) is 0 Å². The molecule has 0 aromatic heterocycles. The number of hydrogen-bond acceptors (Lipinski definition) is 1. The topological polar surface area (TPSA) is 17.1 Å². The zero-order valence-corrected chi connectivity index (χ0v) is 21.3. The molecular weight excluding hydrogens is 352 g/mol. The number of rotatable bonds is 18. The predicted molar refractivity (Wildman–Crippen MR) is 131 cm³/mol. The van der Waals surface area contributed by atoms with Gasteiger partial charge in [-0.15, -0.1) is 0 Å². The number of unbranched alkanes of at least 4 members (excludes halogenated alkanes) is 1. The van der Waals surface area contributed by atoms with Crippen LogP contribution in [0.4, 0.5) is 0 Å². The number of carbonyl (C=O) groups is 1. The Hall–Kier alpha value is -0.590. The van der Waals surface area contributed by atoms with E-state index in [4.69, 9.17) is 0 Å². The molecule has 0 aliphatic heterocycles. The molecule has 0 heterocycles. The first-order chi connectivity index (χ1) is 13.7. The molecule has 0 unspecified atom stereocenters. The first-order valence-electron chi connectivity index (χ1n) is 12.9. The lowest BCUT2D eigenvalue weighted by molar-refractivity contribution is -0.114. The maximum absolute atomic E-state index is 12.3. The zero-order chi connectivity index (χ0) is 22.2. The Labute approximate surface area is 184 Å². The Kier molecular flexibility index (Phi) is 16.8. The van der Waals surface area contributed by atoms with Crippen molar-refractivity contribution in [1.82, 2.24) is 0 Å². The Morgan fingerprint density at radius 3 is 1.79 bits per heavy atom. The lowest BCUT2D eigenvalue weighted by Gasteiger charge is -2.21. The predicted octanol–water partition coefficient (Wildman–Crippen LogP) is 9.26. The second-order valence-electron chi connectivity index (χ2n) is 10.7. The lowest BCUT2D eigenvalue weighted by Crippen LogP contribution is -2.10. The fourth-order valence-electron chi connectivity index (χ4n) is 5.11. The van der Waals surface area contributed by atoms with Crippen molar-refractivity contribution in [2.24, 2.45) is 35.5 Å². The van der Waals surface area contributed by atoms with E-state index in [1.165, 1.54) is 57.8 Å². The average molecular weight is 407 g/mol. The second kappa shape index (κ2) is 17.1. The summed E-state index contributed by atoms with van der Waals surface area (Å²) in [5.74, 6) is 4.68. The Bertz CT molecular complexity index is 424. The minimum Gasteiger partial charge on any atom is -0.295 e. The van der Waals surface area contributed by atoms with Gasteiger partial charge in [0.05, 0.1) is 0 Å². The molecule has 0 amide bonds. The molecule has 0 radical (unpaired) electrons. The van der Waals surface area contributed by atoms with Crippen molar-refractivity contribution in [2.45, 2.75) is 126 Å². The monoisotopic (exact) mass is 406 g/mol. The van der Waals surface area contributed by atoms with E-state index in [0.29, 0.717) is 24.0 Å². The van der Waals surface area contributed by atoms with Crippen LogP contribution in [-0.2, 0) is 4.79 Å². The molecule has 0 aliphatic carbocycles. The van der Waals surface area contributed by atoms with Gasteiger partial charge in [-0.3, -0.25) is 4.79 Å². The molecule has 0 aromatic carbocycles. The molecule has 0 aliphatic rings. The summed E-state index contributed by atoms with van der Waals surface area (Å²) in [6, 6.07) is 0. The van der Waals surface area contributed by atoms with Gasteiger partial charge in [-0.2, -0.15) is 0 Å². The van der Waals surface area contributed by atoms with Crippen LogP contribution < -0.4 is 0 Å². The van der Waals surface area contributed by atoms with E-state index in [1.807, 2.05) is 6.08 Å². The highest BCUT2D eigenvalue weighted by Gasteiger charge is 2.14. The van der Waals surface area contributed by atoms with Crippen LogP contribution >= 0.6 is 0 Å². The molecule has 0 fully saturated rings. The van der Waals surface area contributed by atoms with Crippen molar-refractivity contribution in [3.8, 4) is 0 Å². The molecule has 1 nitrogen and oxygen atoms in total. The highest BCUT2D eigenvalue weighted by molar-refractivity contribution is 5.89. The largest absolute Gasteiger partial charge is 0.295 e. The minimum absolute atomic E-state index is 0.319. The molecule has 0 aromatic rings. The van der Waals surface area contributed by atoms with Crippen LogP contribution in [0.3, 0.4) is 0 Å². The van der Waals surface area contributed by atoms with E-state index < -0.39 is 0 Å². The van der Waals surface area contributed by atoms with Gasteiger partial charge >= 0.3 is 0 Å². The summed E-state index contributed by atoms with van der Waals surface area (Å²) in [5, 5.41) is 0. The van der Waals surface area contributed by atoms with Gasteiger partial charge in [0.15, 0.2) is 5.78 Å². The fraction of sp³-hybridized carbons (Fsp3) is 0.893. The highest BCUT2D eigenvalue weighted by Crippen LogP contribution is 2.26. The van der Waals surface area contributed by atoms with E-state index in [1.54, 1.807) is 0 Å². The molecule has 0 spiro atoms. The van der Waals surface area contributed by atoms with Crippen molar-refractivity contribution in [2.75, 3.05) is 0 Å². The summed E-state index contributed by atoms with van der Waals surface area (Å²) in [6.45, 7) is 18.7. The molecular formula is C28H54O. The van der Waals surface area contributed by atoms with Crippen LogP contribution in [0.1, 0.15) is 126 Å². The smallest absolute Gasteiger partial charge is 0.155 e. The van der Waals surface area contributed by atoms with Crippen molar-refractivity contribution < 1.29 is 4.79 Å². The van der Waals surface area contributed by atoms with E-state index in [0.717, 1.165) is 30.1 Å². The van der Waals surface area contributed by atoms with E-state index >= 15 is 0 Å². The van der Waals surface area contributed by atoms with Crippen LogP contribution in [-0.4, -0.2) is 5.78 Å². The quantitative estimate of drug-likeness (QED) is 0.207. The molecule has 29 heavy (non-hydrogen) atoms. The van der Waals surface area contributed by atoms with Crippen molar-refractivity contribution >= 4 is 5.78 Å². The van der Waals surface area contributed by atoms with Crippen LogP contribution in [0.15, 0.2) is 12.2 Å². The van der Waals surface area contributed by atoms with Gasteiger partial charge in [0, 0.05) is 6.42 Å². The summed E-state index contributed by atoms with van der Waals surface area (Å²) in [4.78, 5) is 12.3. The third-order valence-corrected chi connectivity index (χ3v) is 6.51. The van der Waals surface area contributed by atoms with Gasteiger partial charge < -0.3 is 0 Å². The van der Waals surface area contributed by atoms with E-state index in [-0.39, 0.29) is 0 Å². The number of carbonyl (C=O) groups excluding carboxylic acids is 1. The normalized spacial score (nSPS) is 18.3. The summed E-state index contributed by atoms with van der Waals surface area (Å²) in [6.07, 6.45) is 17.5. The number of allylic oxidation sites excluding steroid dienone is 2. The molecule has 0 bridgehead atoms. The number of hydrogen-bond donors (Lipinski definition) is 0. The first-order valence-corrected chi connectivity index (χ1v) is 12.9. The van der Waals surface area contributed by atoms with Gasteiger partial charge in [0.2, 0.25) is 0 Å². The molecule has 172 valence electrons. The van der Waals surface area contributed by atoms with Gasteiger partial charge in [0.1, 0.15) is 0 Å². The van der Waals surface area contributed by atoms with Gasteiger partial charge in [-0.1, -0.05) is 93.6 Å². The molecule has 0 saturated heterocycles. The van der Waals surface area contributed by atoms with Crippen molar-refractivity contribution in [3.05, 3.63) is 12.2 Å². The summed E-state index contributed by atoms with van der Waals surface area (Å²) in [7, 11) is 0. The Morgan fingerprint density at radius 1 is 0.655 bits per heavy atom.